The summed E-state index contributed by atoms with van der Waals surface area (Å²) >= 11 is 0. The summed E-state index contributed by atoms with van der Waals surface area (Å²) < 4.78 is 33.3. The lowest BCUT2D eigenvalue weighted by Crippen LogP contribution is -2.32. The van der Waals surface area contributed by atoms with Gasteiger partial charge in [-0.2, -0.15) is 0 Å². The first-order chi connectivity index (χ1) is 16.0. The quantitative estimate of drug-likeness (QED) is 0.548. The normalized spacial score (nSPS) is 15.5. The van der Waals surface area contributed by atoms with Crippen LogP contribution in [0.25, 0.3) is 0 Å². The molecule has 1 aliphatic heterocycles. The van der Waals surface area contributed by atoms with Gasteiger partial charge < -0.3 is 10.1 Å². The van der Waals surface area contributed by atoms with Crippen LogP contribution < -0.4 is 10.0 Å². The van der Waals surface area contributed by atoms with Crippen molar-refractivity contribution in [2.24, 2.45) is 0 Å². The van der Waals surface area contributed by atoms with Crippen LogP contribution in [-0.2, 0) is 14.8 Å². The number of ether oxygens (including phenoxy) is 1. The van der Waals surface area contributed by atoms with Gasteiger partial charge in [-0.15, -0.1) is 0 Å². The molecule has 7 heteroatoms. The fourth-order valence-corrected chi connectivity index (χ4v) is 4.55. The Morgan fingerprint density at radius 1 is 0.939 bits per heavy atom. The van der Waals surface area contributed by atoms with Crippen molar-refractivity contribution in [3.63, 3.8) is 0 Å². The zero-order valence-electron chi connectivity index (χ0n) is 18.0. The van der Waals surface area contributed by atoms with Crippen molar-refractivity contribution >= 4 is 21.6 Å². The Morgan fingerprint density at radius 2 is 1.70 bits per heavy atom. The van der Waals surface area contributed by atoms with Gasteiger partial charge in [-0.05, 0) is 61.4 Å². The van der Waals surface area contributed by atoms with E-state index in [2.05, 4.69) is 21.9 Å². The van der Waals surface area contributed by atoms with Gasteiger partial charge in [0.1, 0.15) is 0 Å². The molecule has 3 aromatic carbocycles. The summed E-state index contributed by atoms with van der Waals surface area (Å²) in [5.74, 6) is 5.76. The van der Waals surface area contributed by atoms with E-state index in [4.69, 9.17) is 4.74 Å². The van der Waals surface area contributed by atoms with Crippen molar-refractivity contribution in [3.8, 4) is 11.8 Å². The molecule has 0 aliphatic carbocycles. The molecule has 1 fully saturated rings. The molecule has 0 saturated carbocycles. The largest absolute Gasteiger partial charge is 0.377 e. The molecule has 1 unspecified atom stereocenters. The van der Waals surface area contributed by atoms with Crippen molar-refractivity contribution in [1.82, 2.24) is 4.72 Å². The number of nitrogens with one attached hydrogen (secondary N) is 2. The Labute approximate surface area is 194 Å². The molecule has 0 aromatic heterocycles. The van der Waals surface area contributed by atoms with E-state index in [9.17, 15) is 13.2 Å². The summed E-state index contributed by atoms with van der Waals surface area (Å²) in [5, 5.41) is 2.81. The Balaban J connectivity index is 1.44. The van der Waals surface area contributed by atoms with Gasteiger partial charge in [0.05, 0.1) is 11.0 Å². The first-order valence-electron chi connectivity index (χ1n) is 10.7. The van der Waals surface area contributed by atoms with Crippen LogP contribution in [0.3, 0.4) is 0 Å². The second-order valence-electron chi connectivity index (χ2n) is 7.67. The smallest absolute Gasteiger partial charge is 0.255 e. The van der Waals surface area contributed by atoms with E-state index in [0.717, 1.165) is 24.0 Å². The van der Waals surface area contributed by atoms with Crippen LogP contribution in [0.15, 0.2) is 83.8 Å². The molecule has 1 atom stereocenters. The lowest BCUT2D eigenvalue weighted by atomic mass is 10.1. The van der Waals surface area contributed by atoms with Crippen molar-refractivity contribution in [3.05, 3.63) is 95.6 Å². The Morgan fingerprint density at radius 3 is 2.48 bits per heavy atom. The maximum absolute atomic E-state index is 12.8. The highest BCUT2D eigenvalue weighted by Crippen LogP contribution is 2.16. The van der Waals surface area contributed by atoms with Crippen LogP contribution >= 0.6 is 0 Å². The van der Waals surface area contributed by atoms with E-state index in [-0.39, 0.29) is 23.1 Å². The molecule has 1 amide bonds. The van der Waals surface area contributed by atoms with Crippen LogP contribution in [-0.4, -0.2) is 33.6 Å². The lowest BCUT2D eigenvalue weighted by molar-refractivity contribution is 0.102. The van der Waals surface area contributed by atoms with Crippen molar-refractivity contribution in [2.75, 3.05) is 18.5 Å². The molecule has 0 spiro atoms. The summed E-state index contributed by atoms with van der Waals surface area (Å²) in [5.41, 5.74) is 2.48. The zero-order chi connectivity index (χ0) is 23.1. The van der Waals surface area contributed by atoms with Gasteiger partial charge in [0, 0.05) is 35.5 Å². The second kappa shape index (κ2) is 10.5. The van der Waals surface area contributed by atoms with Gasteiger partial charge in [0.25, 0.3) is 5.91 Å². The summed E-state index contributed by atoms with van der Waals surface area (Å²) in [6.07, 6.45) is 1.66. The third-order valence-corrected chi connectivity index (χ3v) is 6.60. The van der Waals surface area contributed by atoms with Gasteiger partial charge >= 0.3 is 0 Å². The minimum atomic E-state index is -3.75. The molecule has 4 rings (SSSR count). The SMILES string of the molecule is O=C(Nc1cccc(C#Cc2ccccc2)c1)c1cccc(S(=O)(=O)NCC2CCCO2)c1. The second-order valence-corrected chi connectivity index (χ2v) is 9.43. The Kier molecular flexibility index (Phi) is 7.20. The Bertz CT molecular complexity index is 1290. The zero-order valence-corrected chi connectivity index (χ0v) is 18.8. The molecule has 0 bridgehead atoms. The van der Waals surface area contributed by atoms with E-state index < -0.39 is 15.9 Å². The van der Waals surface area contributed by atoms with Crippen LogP contribution in [0, 0.1) is 11.8 Å². The first kappa shape index (κ1) is 22.7. The minimum Gasteiger partial charge on any atom is -0.377 e. The van der Waals surface area contributed by atoms with Gasteiger partial charge in [-0.3, -0.25) is 4.79 Å². The third kappa shape index (κ3) is 6.30. The lowest BCUT2D eigenvalue weighted by Gasteiger charge is -2.12. The van der Waals surface area contributed by atoms with Gasteiger partial charge in [-0.25, -0.2) is 13.1 Å². The van der Waals surface area contributed by atoms with E-state index in [0.29, 0.717) is 12.3 Å². The summed E-state index contributed by atoms with van der Waals surface area (Å²) in [7, 11) is -3.75. The third-order valence-electron chi connectivity index (χ3n) is 5.18. The molecule has 0 radical (unpaired) electrons. The molecule has 33 heavy (non-hydrogen) atoms. The van der Waals surface area contributed by atoms with Crippen LogP contribution in [0.1, 0.15) is 34.3 Å². The Hall–Kier alpha value is -3.44. The number of benzene rings is 3. The predicted octanol–water partition coefficient (Wildman–Crippen LogP) is 3.80. The molecule has 1 heterocycles. The van der Waals surface area contributed by atoms with E-state index in [1.165, 1.54) is 12.1 Å². The average Bonchev–Trinajstić information content (AvgIpc) is 3.36. The number of anilines is 1. The fourth-order valence-electron chi connectivity index (χ4n) is 3.44. The molecular weight excluding hydrogens is 436 g/mol. The van der Waals surface area contributed by atoms with Crippen LogP contribution in [0.4, 0.5) is 5.69 Å². The molecule has 3 aromatic rings. The predicted molar refractivity (Wildman–Crippen MR) is 127 cm³/mol. The molecule has 1 aliphatic rings. The summed E-state index contributed by atoms with van der Waals surface area (Å²) in [6.45, 7) is 0.872. The molecule has 1 saturated heterocycles. The number of hydrogen-bond donors (Lipinski definition) is 2. The monoisotopic (exact) mass is 460 g/mol. The summed E-state index contributed by atoms with van der Waals surface area (Å²) in [4.78, 5) is 12.8. The topological polar surface area (TPSA) is 84.5 Å². The highest BCUT2D eigenvalue weighted by atomic mass is 32.2. The van der Waals surface area contributed by atoms with Gasteiger partial charge in [0.2, 0.25) is 10.0 Å². The van der Waals surface area contributed by atoms with E-state index in [1.807, 2.05) is 36.4 Å². The summed E-state index contributed by atoms with van der Waals surface area (Å²) in [6, 6.07) is 22.8. The molecule has 168 valence electrons. The minimum absolute atomic E-state index is 0.0376. The standard InChI is InChI=1S/C26H24N2O4S/c29-26(28-23-11-4-9-21(17-23)15-14-20-7-2-1-3-8-20)22-10-5-13-25(18-22)33(30,31)27-19-24-12-6-16-32-24/h1-5,7-11,13,17-18,24,27H,6,12,16,19H2,(H,28,29). The van der Waals surface area contributed by atoms with Gasteiger partial charge in [-0.1, -0.05) is 42.2 Å². The van der Waals surface area contributed by atoms with Crippen molar-refractivity contribution in [2.45, 2.75) is 23.8 Å². The maximum Gasteiger partial charge on any atom is 0.255 e. The fraction of sp³-hybridized carbons (Fsp3) is 0.192. The van der Waals surface area contributed by atoms with Gasteiger partial charge in [0.15, 0.2) is 0 Å². The molecule has 2 N–H and O–H groups in total. The number of amides is 1. The number of carbonyl (C=O) groups excluding carboxylic acids is 1. The maximum atomic E-state index is 12.8. The van der Waals surface area contributed by atoms with Crippen molar-refractivity contribution < 1.29 is 17.9 Å². The van der Waals surface area contributed by atoms with Crippen molar-refractivity contribution in [1.29, 1.82) is 0 Å². The molecule has 6 nitrogen and oxygen atoms in total. The highest BCUT2D eigenvalue weighted by molar-refractivity contribution is 7.89. The highest BCUT2D eigenvalue weighted by Gasteiger charge is 2.21. The number of sulfonamides is 1. The number of carbonyl (C=O) groups is 1. The van der Waals surface area contributed by atoms with E-state index in [1.54, 1.807) is 30.3 Å². The number of rotatable bonds is 6. The average molecular weight is 461 g/mol. The van der Waals surface area contributed by atoms with E-state index >= 15 is 0 Å². The molecular formula is C26H24N2O4S. The first-order valence-corrected chi connectivity index (χ1v) is 12.2. The number of hydrogen-bond acceptors (Lipinski definition) is 4. The van der Waals surface area contributed by atoms with Crippen LogP contribution in [0.2, 0.25) is 0 Å². The van der Waals surface area contributed by atoms with Crippen LogP contribution in [0.5, 0.6) is 0 Å².